The topological polar surface area (TPSA) is 67.8 Å². The highest BCUT2D eigenvalue weighted by atomic mass is 35.5. The SMILES string of the molecule is Cc1cc(C(=O)Nc2nncs2)cc(Cl)n1. The molecule has 2 heterocycles. The van der Waals surface area contributed by atoms with Gasteiger partial charge < -0.3 is 0 Å². The van der Waals surface area contributed by atoms with E-state index in [1.54, 1.807) is 18.5 Å². The Hall–Kier alpha value is -1.53. The minimum atomic E-state index is -0.274. The summed E-state index contributed by atoms with van der Waals surface area (Å²) in [5.41, 5.74) is 2.68. The molecule has 0 bridgehead atoms. The molecule has 0 aromatic carbocycles. The lowest BCUT2D eigenvalue weighted by atomic mass is 10.2. The van der Waals surface area contributed by atoms with Crippen molar-refractivity contribution in [1.29, 1.82) is 0 Å². The molecule has 0 saturated carbocycles. The average Bonchev–Trinajstić information content (AvgIpc) is 2.68. The van der Waals surface area contributed by atoms with E-state index in [0.717, 1.165) is 0 Å². The van der Waals surface area contributed by atoms with Gasteiger partial charge in [0.25, 0.3) is 5.91 Å². The third-order valence-electron chi connectivity index (χ3n) is 1.76. The number of nitrogens with zero attached hydrogens (tertiary/aromatic N) is 3. The lowest BCUT2D eigenvalue weighted by Gasteiger charge is -2.02. The van der Waals surface area contributed by atoms with Gasteiger partial charge in [0.1, 0.15) is 10.7 Å². The van der Waals surface area contributed by atoms with E-state index in [0.29, 0.717) is 21.5 Å². The lowest BCUT2D eigenvalue weighted by Crippen LogP contribution is -2.12. The summed E-state index contributed by atoms with van der Waals surface area (Å²) >= 11 is 7.01. The molecular weight excluding hydrogens is 248 g/mol. The van der Waals surface area contributed by atoms with Gasteiger partial charge in [0, 0.05) is 11.3 Å². The first-order chi connectivity index (χ1) is 7.65. The zero-order valence-electron chi connectivity index (χ0n) is 8.27. The van der Waals surface area contributed by atoms with Crippen LogP contribution in [0.5, 0.6) is 0 Å². The van der Waals surface area contributed by atoms with Gasteiger partial charge in [-0.05, 0) is 19.1 Å². The van der Waals surface area contributed by atoms with E-state index < -0.39 is 0 Å². The molecule has 0 aliphatic heterocycles. The van der Waals surface area contributed by atoms with Crippen molar-refractivity contribution in [3.63, 3.8) is 0 Å². The molecule has 0 radical (unpaired) electrons. The van der Waals surface area contributed by atoms with Gasteiger partial charge in [-0.1, -0.05) is 22.9 Å². The smallest absolute Gasteiger partial charge is 0.257 e. The van der Waals surface area contributed by atoms with Crippen molar-refractivity contribution in [2.24, 2.45) is 0 Å². The first-order valence-electron chi connectivity index (χ1n) is 4.37. The number of hydrogen-bond acceptors (Lipinski definition) is 5. The second-order valence-electron chi connectivity index (χ2n) is 3.02. The van der Waals surface area contributed by atoms with E-state index in [-0.39, 0.29) is 5.91 Å². The van der Waals surface area contributed by atoms with Crippen molar-refractivity contribution >= 4 is 34.0 Å². The minimum Gasteiger partial charge on any atom is -0.296 e. The molecule has 5 nitrogen and oxygen atoms in total. The first kappa shape index (κ1) is 11.0. The quantitative estimate of drug-likeness (QED) is 0.834. The molecule has 2 aromatic heterocycles. The molecule has 0 unspecified atom stereocenters. The van der Waals surface area contributed by atoms with E-state index >= 15 is 0 Å². The lowest BCUT2D eigenvalue weighted by molar-refractivity contribution is 0.102. The Kier molecular flexibility index (Phi) is 3.12. The van der Waals surface area contributed by atoms with Crippen LogP contribution in [0.4, 0.5) is 5.13 Å². The second kappa shape index (κ2) is 4.54. The highest BCUT2D eigenvalue weighted by Crippen LogP contribution is 2.14. The number of aromatic nitrogens is 3. The predicted octanol–water partition coefficient (Wildman–Crippen LogP) is 2.15. The summed E-state index contributed by atoms with van der Waals surface area (Å²) in [5.74, 6) is -0.274. The van der Waals surface area contributed by atoms with Gasteiger partial charge in [-0.3, -0.25) is 10.1 Å². The van der Waals surface area contributed by atoms with Crippen LogP contribution in [0.2, 0.25) is 5.15 Å². The Morgan fingerprint density at radius 1 is 1.50 bits per heavy atom. The maximum absolute atomic E-state index is 11.8. The van der Waals surface area contributed by atoms with Gasteiger partial charge in [-0.15, -0.1) is 10.2 Å². The van der Waals surface area contributed by atoms with E-state index in [9.17, 15) is 4.79 Å². The van der Waals surface area contributed by atoms with Crippen LogP contribution in [0.3, 0.4) is 0 Å². The van der Waals surface area contributed by atoms with E-state index in [1.165, 1.54) is 17.4 Å². The number of halogens is 1. The fourth-order valence-corrected chi connectivity index (χ4v) is 1.85. The van der Waals surface area contributed by atoms with Crippen molar-refractivity contribution in [1.82, 2.24) is 15.2 Å². The molecule has 0 saturated heterocycles. The van der Waals surface area contributed by atoms with Gasteiger partial charge in [0.05, 0.1) is 0 Å². The van der Waals surface area contributed by atoms with Crippen molar-refractivity contribution in [2.75, 3.05) is 5.32 Å². The Bertz CT molecular complexity index is 494. The van der Waals surface area contributed by atoms with Crippen molar-refractivity contribution in [3.05, 3.63) is 34.1 Å². The van der Waals surface area contributed by atoms with Gasteiger partial charge >= 0.3 is 0 Å². The van der Waals surface area contributed by atoms with Crippen molar-refractivity contribution in [2.45, 2.75) is 6.92 Å². The number of amides is 1. The fourth-order valence-electron chi connectivity index (χ4n) is 1.16. The summed E-state index contributed by atoms with van der Waals surface area (Å²) in [4.78, 5) is 15.7. The molecule has 2 rings (SSSR count). The number of nitrogens with one attached hydrogen (secondary N) is 1. The van der Waals surface area contributed by atoms with E-state index in [4.69, 9.17) is 11.6 Å². The molecule has 0 aliphatic carbocycles. The number of rotatable bonds is 2. The van der Waals surface area contributed by atoms with Crippen LogP contribution in [-0.4, -0.2) is 21.1 Å². The normalized spacial score (nSPS) is 10.1. The first-order valence-corrected chi connectivity index (χ1v) is 5.62. The third kappa shape index (κ3) is 2.53. The number of carbonyl (C=O) groups is 1. The Labute approximate surface area is 101 Å². The monoisotopic (exact) mass is 254 g/mol. The Morgan fingerprint density at radius 2 is 2.31 bits per heavy atom. The number of carbonyl (C=O) groups excluding carboxylic acids is 1. The largest absolute Gasteiger partial charge is 0.296 e. The van der Waals surface area contributed by atoms with Crippen LogP contribution in [0, 0.1) is 6.92 Å². The zero-order chi connectivity index (χ0) is 11.5. The summed E-state index contributed by atoms with van der Waals surface area (Å²) in [6.07, 6.45) is 0. The maximum atomic E-state index is 11.8. The molecule has 1 N–H and O–H groups in total. The average molecular weight is 255 g/mol. The van der Waals surface area contributed by atoms with Gasteiger partial charge in [0.2, 0.25) is 5.13 Å². The summed E-state index contributed by atoms with van der Waals surface area (Å²) in [6.45, 7) is 1.77. The molecule has 82 valence electrons. The van der Waals surface area contributed by atoms with E-state index in [1.807, 2.05) is 0 Å². The molecule has 0 fully saturated rings. The summed E-state index contributed by atoms with van der Waals surface area (Å²) in [5, 5.41) is 10.7. The van der Waals surface area contributed by atoms with Crippen molar-refractivity contribution < 1.29 is 4.79 Å². The molecule has 16 heavy (non-hydrogen) atoms. The summed E-state index contributed by atoms with van der Waals surface area (Å²) in [7, 11) is 0. The van der Waals surface area contributed by atoms with Crippen LogP contribution >= 0.6 is 22.9 Å². The Morgan fingerprint density at radius 3 is 2.94 bits per heavy atom. The Balaban J connectivity index is 2.21. The molecule has 0 spiro atoms. The fraction of sp³-hybridized carbons (Fsp3) is 0.111. The predicted molar refractivity (Wildman–Crippen MR) is 61.8 cm³/mol. The maximum Gasteiger partial charge on any atom is 0.257 e. The standard InChI is InChI=1S/C9H7ClN4OS/c1-5-2-6(3-7(10)12-5)8(15)13-9-14-11-4-16-9/h2-4H,1H3,(H,13,14,15). The van der Waals surface area contributed by atoms with Gasteiger partial charge in [-0.2, -0.15) is 0 Å². The second-order valence-corrected chi connectivity index (χ2v) is 4.24. The molecule has 7 heteroatoms. The molecule has 2 aromatic rings. The molecule has 1 amide bonds. The van der Waals surface area contributed by atoms with Crippen LogP contribution < -0.4 is 5.32 Å². The third-order valence-corrected chi connectivity index (χ3v) is 2.57. The zero-order valence-corrected chi connectivity index (χ0v) is 9.84. The van der Waals surface area contributed by atoms with Gasteiger partial charge in [-0.25, -0.2) is 4.98 Å². The van der Waals surface area contributed by atoms with Gasteiger partial charge in [0.15, 0.2) is 0 Å². The highest BCUT2D eigenvalue weighted by Gasteiger charge is 2.09. The molecule has 0 aliphatic rings. The number of hydrogen-bond donors (Lipinski definition) is 1. The summed E-state index contributed by atoms with van der Waals surface area (Å²) in [6, 6.07) is 3.16. The molecule has 0 atom stereocenters. The number of anilines is 1. The van der Waals surface area contributed by atoms with Crippen molar-refractivity contribution in [3.8, 4) is 0 Å². The minimum absolute atomic E-state index is 0.274. The van der Waals surface area contributed by atoms with E-state index in [2.05, 4.69) is 20.5 Å². The molecular formula is C9H7ClN4OS. The highest BCUT2D eigenvalue weighted by molar-refractivity contribution is 7.13. The van der Waals surface area contributed by atoms with Crippen LogP contribution in [-0.2, 0) is 0 Å². The number of pyridine rings is 1. The summed E-state index contributed by atoms with van der Waals surface area (Å²) < 4.78 is 0. The van der Waals surface area contributed by atoms with Crippen LogP contribution in [0.25, 0.3) is 0 Å². The van der Waals surface area contributed by atoms with Crippen LogP contribution in [0.15, 0.2) is 17.6 Å². The number of aryl methyl sites for hydroxylation is 1. The van der Waals surface area contributed by atoms with Crippen LogP contribution in [0.1, 0.15) is 16.1 Å².